The zero-order valence-corrected chi connectivity index (χ0v) is 11.1. The molecule has 0 radical (unpaired) electrons. The van der Waals surface area contributed by atoms with Crippen LogP contribution < -0.4 is 0 Å². The molecule has 2 aromatic rings. The van der Waals surface area contributed by atoms with Crippen LogP contribution in [0.5, 0.6) is 0 Å². The van der Waals surface area contributed by atoms with E-state index in [-0.39, 0.29) is 5.82 Å². The molecule has 2 aromatic carbocycles. The van der Waals surface area contributed by atoms with Gasteiger partial charge >= 0.3 is 0 Å². The SMILES string of the molecule is Cc1ccc(Sc2ccc(C=O)cc2F)cc1C. The van der Waals surface area contributed by atoms with Gasteiger partial charge in [-0.3, -0.25) is 4.79 Å². The maximum atomic E-state index is 13.7. The van der Waals surface area contributed by atoms with Crippen molar-refractivity contribution in [3.05, 3.63) is 58.9 Å². The first-order chi connectivity index (χ1) is 8.60. The number of aldehydes is 1. The predicted molar refractivity (Wildman–Crippen MR) is 71.8 cm³/mol. The fourth-order valence-electron chi connectivity index (χ4n) is 1.58. The van der Waals surface area contributed by atoms with Gasteiger partial charge in [0.1, 0.15) is 12.1 Å². The van der Waals surface area contributed by atoms with Gasteiger partial charge in [0.05, 0.1) is 0 Å². The molecule has 0 amide bonds. The zero-order chi connectivity index (χ0) is 13.1. The minimum Gasteiger partial charge on any atom is -0.298 e. The smallest absolute Gasteiger partial charge is 0.150 e. The first-order valence-electron chi connectivity index (χ1n) is 5.60. The Balaban J connectivity index is 2.28. The summed E-state index contributed by atoms with van der Waals surface area (Å²) in [6, 6.07) is 10.6. The summed E-state index contributed by atoms with van der Waals surface area (Å²) in [5.74, 6) is -0.358. The van der Waals surface area contributed by atoms with Gasteiger partial charge in [-0.25, -0.2) is 4.39 Å². The molecule has 2 rings (SSSR count). The number of hydrogen-bond donors (Lipinski definition) is 0. The number of hydrogen-bond acceptors (Lipinski definition) is 2. The lowest BCUT2D eigenvalue weighted by Crippen LogP contribution is -1.87. The third-order valence-electron chi connectivity index (χ3n) is 2.80. The molecule has 0 saturated carbocycles. The van der Waals surface area contributed by atoms with Crippen LogP contribution in [0.4, 0.5) is 4.39 Å². The van der Waals surface area contributed by atoms with Crippen LogP contribution in [0.2, 0.25) is 0 Å². The van der Waals surface area contributed by atoms with Crippen molar-refractivity contribution in [1.29, 1.82) is 0 Å². The Morgan fingerprint density at radius 3 is 2.44 bits per heavy atom. The third-order valence-corrected chi connectivity index (χ3v) is 3.84. The average molecular weight is 260 g/mol. The van der Waals surface area contributed by atoms with Gasteiger partial charge in [-0.05, 0) is 49.2 Å². The second kappa shape index (κ2) is 5.36. The van der Waals surface area contributed by atoms with Gasteiger partial charge < -0.3 is 0 Å². The van der Waals surface area contributed by atoms with Crippen molar-refractivity contribution in [3.8, 4) is 0 Å². The molecule has 92 valence electrons. The molecular weight excluding hydrogens is 247 g/mol. The van der Waals surface area contributed by atoms with E-state index in [1.54, 1.807) is 12.1 Å². The molecule has 0 bridgehead atoms. The monoisotopic (exact) mass is 260 g/mol. The first kappa shape index (κ1) is 12.8. The zero-order valence-electron chi connectivity index (χ0n) is 10.2. The maximum absolute atomic E-state index is 13.7. The van der Waals surface area contributed by atoms with Gasteiger partial charge in [0, 0.05) is 15.4 Å². The van der Waals surface area contributed by atoms with Crippen molar-refractivity contribution in [2.45, 2.75) is 23.6 Å². The van der Waals surface area contributed by atoms with E-state index in [0.29, 0.717) is 16.7 Å². The average Bonchev–Trinajstić information content (AvgIpc) is 2.36. The molecule has 0 atom stereocenters. The molecule has 0 N–H and O–H groups in total. The fraction of sp³-hybridized carbons (Fsp3) is 0.133. The van der Waals surface area contributed by atoms with Gasteiger partial charge in [0.2, 0.25) is 0 Å². The highest BCUT2D eigenvalue weighted by atomic mass is 32.2. The minimum atomic E-state index is -0.358. The van der Waals surface area contributed by atoms with Crippen LogP contribution in [0, 0.1) is 19.7 Å². The summed E-state index contributed by atoms with van der Waals surface area (Å²) in [6.07, 6.45) is 0.646. The number of halogens is 1. The standard InChI is InChI=1S/C15H13FOS/c1-10-3-5-13(7-11(10)2)18-15-6-4-12(9-17)8-14(15)16/h3-9H,1-2H3. The molecule has 0 aliphatic rings. The molecular formula is C15H13FOS. The predicted octanol–water partition coefficient (Wildman–Crippen LogP) is 4.41. The summed E-state index contributed by atoms with van der Waals surface area (Å²) in [7, 11) is 0. The van der Waals surface area contributed by atoms with Crippen molar-refractivity contribution < 1.29 is 9.18 Å². The normalized spacial score (nSPS) is 10.4. The van der Waals surface area contributed by atoms with E-state index in [1.807, 2.05) is 32.0 Å². The van der Waals surface area contributed by atoms with Crippen molar-refractivity contribution in [1.82, 2.24) is 0 Å². The Kier molecular flexibility index (Phi) is 3.82. The Morgan fingerprint density at radius 1 is 1.06 bits per heavy atom. The Bertz CT molecular complexity index is 593. The fourth-order valence-corrected chi connectivity index (χ4v) is 2.50. The lowest BCUT2D eigenvalue weighted by atomic mass is 10.1. The van der Waals surface area contributed by atoms with E-state index in [0.717, 1.165) is 4.90 Å². The topological polar surface area (TPSA) is 17.1 Å². The van der Waals surface area contributed by atoms with E-state index in [4.69, 9.17) is 0 Å². The quantitative estimate of drug-likeness (QED) is 0.760. The van der Waals surface area contributed by atoms with Crippen LogP contribution in [-0.4, -0.2) is 6.29 Å². The van der Waals surface area contributed by atoms with Crippen molar-refractivity contribution >= 4 is 18.0 Å². The number of benzene rings is 2. The molecule has 0 fully saturated rings. The van der Waals surface area contributed by atoms with E-state index in [9.17, 15) is 9.18 Å². The Morgan fingerprint density at radius 2 is 1.83 bits per heavy atom. The summed E-state index contributed by atoms with van der Waals surface area (Å²) in [5.41, 5.74) is 2.76. The summed E-state index contributed by atoms with van der Waals surface area (Å²) < 4.78 is 13.7. The summed E-state index contributed by atoms with van der Waals surface area (Å²) >= 11 is 1.37. The molecule has 18 heavy (non-hydrogen) atoms. The maximum Gasteiger partial charge on any atom is 0.150 e. The van der Waals surface area contributed by atoms with Crippen LogP contribution in [0.1, 0.15) is 21.5 Å². The van der Waals surface area contributed by atoms with Crippen LogP contribution >= 0.6 is 11.8 Å². The van der Waals surface area contributed by atoms with Gasteiger partial charge in [-0.1, -0.05) is 23.9 Å². The highest BCUT2D eigenvalue weighted by Gasteiger charge is 2.06. The van der Waals surface area contributed by atoms with Gasteiger partial charge in [0.15, 0.2) is 0 Å². The van der Waals surface area contributed by atoms with Crippen molar-refractivity contribution in [2.24, 2.45) is 0 Å². The molecule has 3 heteroatoms. The molecule has 0 aliphatic heterocycles. The molecule has 0 spiro atoms. The van der Waals surface area contributed by atoms with Crippen molar-refractivity contribution in [2.75, 3.05) is 0 Å². The second-order valence-electron chi connectivity index (χ2n) is 4.16. The highest BCUT2D eigenvalue weighted by Crippen LogP contribution is 2.31. The van der Waals surface area contributed by atoms with Crippen LogP contribution in [0.3, 0.4) is 0 Å². The Labute approximate surface area is 110 Å². The molecule has 1 nitrogen and oxygen atoms in total. The summed E-state index contributed by atoms with van der Waals surface area (Å²) in [5, 5.41) is 0. The minimum absolute atomic E-state index is 0.358. The van der Waals surface area contributed by atoms with E-state index in [2.05, 4.69) is 0 Å². The molecule has 0 unspecified atom stereocenters. The van der Waals surface area contributed by atoms with Gasteiger partial charge in [-0.15, -0.1) is 0 Å². The highest BCUT2D eigenvalue weighted by molar-refractivity contribution is 7.99. The van der Waals surface area contributed by atoms with E-state index >= 15 is 0 Å². The summed E-state index contributed by atoms with van der Waals surface area (Å²) in [6.45, 7) is 4.08. The first-order valence-corrected chi connectivity index (χ1v) is 6.41. The molecule has 0 saturated heterocycles. The largest absolute Gasteiger partial charge is 0.298 e. The van der Waals surface area contributed by atoms with Crippen molar-refractivity contribution in [3.63, 3.8) is 0 Å². The lowest BCUT2D eigenvalue weighted by Gasteiger charge is -2.06. The van der Waals surface area contributed by atoms with Gasteiger partial charge in [-0.2, -0.15) is 0 Å². The molecule has 0 aliphatic carbocycles. The van der Waals surface area contributed by atoms with Crippen LogP contribution in [0.15, 0.2) is 46.2 Å². The van der Waals surface area contributed by atoms with Crippen LogP contribution in [0.25, 0.3) is 0 Å². The lowest BCUT2D eigenvalue weighted by molar-refractivity contribution is 0.112. The van der Waals surface area contributed by atoms with Crippen LogP contribution in [-0.2, 0) is 0 Å². The molecule has 0 aromatic heterocycles. The third kappa shape index (κ3) is 2.79. The number of aryl methyl sites for hydroxylation is 2. The summed E-state index contributed by atoms with van der Waals surface area (Å²) in [4.78, 5) is 12.1. The molecule has 0 heterocycles. The van der Waals surface area contributed by atoms with E-state index in [1.165, 1.54) is 29.0 Å². The van der Waals surface area contributed by atoms with E-state index < -0.39 is 0 Å². The van der Waals surface area contributed by atoms with Gasteiger partial charge in [0.25, 0.3) is 0 Å². The number of rotatable bonds is 3. The number of carbonyl (C=O) groups excluding carboxylic acids is 1. The second-order valence-corrected chi connectivity index (χ2v) is 5.27. The Hall–Kier alpha value is -1.61. The number of carbonyl (C=O) groups is 1.